The zero-order valence-corrected chi connectivity index (χ0v) is 10.9. The van der Waals surface area contributed by atoms with Crippen LogP contribution in [-0.4, -0.2) is 28.8 Å². The highest BCUT2D eigenvalue weighted by Gasteiger charge is 2.35. The molecule has 4 nitrogen and oxygen atoms in total. The number of halogens is 3. The molecule has 0 saturated heterocycles. The Hall–Kier alpha value is -1.76. The number of carboxylic acid groups (broad SMARTS) is 1. The van der Waals surface area contributed by atoms with Crippen molar-refractivity contribution in [2.75, 3.05) is 11.9 Å². The maximum Gasteiger partial charge on any atom is 0.417 e. The number of carbonyl (C=O) groups is 1. The Labute approximate surface area is 114 Å². The molecule has 112 valence electrons. The summed E-state index contributed by atoms with van der Waals surface area (Å²) in [5.41, 5.74) is -1.80. The number of hydrogen-bond donors (Lipinski definition) is 3. The molecule has 1 aromatic carbocycles. The van der Waals surface area contributed by atoms with E-state index in [1.807, 2.05) is 0 Å². The number of rotatable bonds is 6. The maximum absolute atomic E-state index is 12.8. The van der Waals surface area contributed by atoms with Crippen LogP contribution in [0.5, 0.6) is 0 Å². The van der Waals surface area contributed by atoms with Crippen LogP contribution in [0.2, 0.25) is 0 Å². The minimum atomic E-state index is -4.73. The Kier molecular flexibility index (Phi) is 5.38. The molecular formula is C13H16F3NO3. The number of hydrogen-bond acceptors (Lipinski definition) is 3. The lowest BCUT2D eigenvalue weighted by molar-refractivity contribution is -0.138. The molecule has 1 unspecified atom stereocenters. The molecule has 0 spiro atoms. The monoisotopic (exact) mass is 291 g/mol. The number of carboxylic acids is 1. The van der Waals surface area contributed by atoms with Gasteiger partial charge in [-0.15, -0.1) is 0 Å². The summed E-state index contributed by atoms with van der Waals surface area (Å²) in [6, 6.07) is 2.96. The summed E-state index contributed by atoms with van der Waals surface area (Å²) in [5, 5.41) is 20.8. The molecule has 0 amide bonds. The molecule has 0 aliphatic heterocycles. The molecule has 0 saturated carbocycles. The van der Waals surface area contributed by atoms with Crippen LogP contribution in [0, 0.1) is 0 Å². The van der Waals surface area contributed by atoms with Gasteiger partial charge in [-0.2, -0.15) is 13.2 Å². The van der Waals surface area contributed by atoms with Gasteiger partial charge in [0.1, 0.15) is 0 Å². The fourth-order valence-corrected chi connectivity index (χ4v) is 1.66. The van der Waals surface area contributed by atoms with Gasteiger partial charge in [0.25, 0.3) is 0 Å². The molecule has 20 heavy (non-hydrogen) atoms. The van der Waals surface area contributed by atoms with Gasteiger partial charge in [0.2, 0.25) is 0 Å². The van der Waals surface area contributed by atoms with E-state index in [4.69, 9.17) is 5.11 Å². The van der Waals surface area contributed by atoms with Crippen molar-refractivity contribution in [1.82, 2.24) is 0 Å². The normalized spacial score (nSPS) is 13.1. The summed E-state index contributed by atoms with van der Waals surface area (Å²) in [6.07, 6.45) is -4.27. The van der Waals surface area contributed by atoms with Crippen molar-refractivity contribution in [3.8, 4) is 0 Å². The lowest BCUT2D eigenvalue weighted by atomic mass is 10.1. The number of nitrogens with one attached hydrogen (secondary N) is 1. The van der Waals surface area contributed by atoms with Gasteiger partial charge in [-0.3, -0.25) is 0 Å². The number of alkyl halides is 3. The van der Waals surface area contributed by atoms with E-state index in [2.05, 4.69) is 5.32 Å². The molecule has 0 bridgehead atoms. The number of benzene rings is 1. The van der Waals surface area contributed by atoms with Gasteiger partial charge in [0, 0.05) is 12.2 Å². The average molecular weight is 291 g/mol. The van der Waals surface area contributed by atoms with E-state index >= 15 is 0 Å². The van der Waals surface area contributed by atoms with Crippen LogP contribution in [0.25, 0.3) is 0 Å². The fraction of sp³-hybridized carbons (Fsp3) is 0.462. The molecule has 0 radical (unpaired) electrons. The van der Waals surface area contributed by atoms with E-state index in [1.165, 1.54) is 6.07 Å². The molecule has 1 aromatic rings. The van der Waals surface area contributed by atoms with Gasteiger partial charge in [0.15, 0.2) is 0 Å². The summed E-state index contributed by atoms with van der Waals surface area (Å²) >= 11 is 0. The summed E-state index contributed by atoms with van der Waals surface area (Å²) in [7, 11) is 0. The van der Waals surface area contributed by atoms with E-state index < -0.39 is 29.4 Å². The highest BCUT2D eigenvalue weighted by atomic mass is 19.4. The van der Waals surface area contributed by atoms with Crippen molar-refractivity contribution in [1.29, 1.82) is 0 Å². The Morgan fingerprint density at radius 2 is 2.05 bits per heavy atom. The first-order valence-corrected chi connectivity index (χ1v) is 6.12. The minimum absolute atomic E-state index is 0.172. The van der Waals surface area contributed by atoms with Crippen molar-refractivity contribution in [2.45, 2.75) is 32.0 Å². The second kappa shape index (κ2) is 6.60. The Bertz CT molecular complexity index is 474. The van der Waals surface area contributed by atoms with Gasteiger partial charge in [0.05, 0.1) is 17.2 Å². The van der Waals surface area contributed by atoms with Crippen molar-refractivity contribution >= 4 is 11.7 Å². The zero-order valence-electron chi connectivity index (χ0n) is 10.9. The molecule has 1 atom stereocenters. The number of aliphatic hydroxyl groups excluding tert-OH is 1. The van der Waals surface area contributed by atoms with Crippen LogP contribution in [0.3, 0.4) is 0 Å². The third-order valence-corrected chi connectivity index (χ3v) is 2.83. The Morgan fingerprint density at radius 1 is 1.40 bits per heavy atom. The van der Waals surface area contributed by atoms with E-state index in [-0.39, 0.29) is 5.69 Å². The van der Waals surface area contributed by atoms with E-state index in [9.17, 15) is 23.1 Å². The second-order valence-corrected chi connectivity index (χ2v) is 4.34. The van der Waals surface area contributed by atoms with Gasteiger partial charge >= 0.3 is 12.1 Å². The van der Waals surface area contributed by atoms with Crippen molar-refractivity contribution in [3.63, 3.8) is 0 Å². The number of aliphatic hydroxyl groups is 1. The largest absolute Gasteiger partial charge is 0.478 e. The van der Waals surface area contributed by atoms with Crippen LogP contribution in [0.4, 0.5) is 18.9 Å². The molecule has 0 fully saturated rings. The first-order valence-electron chi connectivity index (χ1n) is 6.12. The standard InChI is InChI=1S/C13H16F3NO3/c1-2-9(18)5-6-17-8-3-4-10(12(19)20)11(7-8)13(14,15)16/h3-4,7,9,17-18H,2,5-6H2,1H3,(H,19,20). The zero-order chi connectivity index (χ0) is 15.3. The van der Waals surface area contributed by atoms with E-state index in [0.717, 1.165) is 12.1 Å². The topological polar surface area (TPSA) is 69.6 Å². The van der Waals surface area contributed by atoms with E-state index in [1.54, 1.807) is 6.92 Å². The molecule has 0 aliphatic carbocycles. The second-order valence-electron chi connectivity index (χ2n) is 4.34. The molecule has 1 rings (SSSR count). The SMILES string of the molecule is CCC(O)CCNc1ccc(C(=O)O)c(C(F)(F)F)c1. The van der Waals surface area contributed by atoms with Crippen molar-refractivity contribution in [2.24, 2.45) is 0 Å². The first kappa shape index (κ1) is 16.3. The summed E-state index contributed by atoms with van der Waals surface area (Å²) in [4.78, 5) is 10.8. The molecule has 7 heteroatoms. The summed E-state index contributed by atoms with van der Waals surface area (Å²) < 4.78 is 38.3. The predicted octanol–water partition coefficient (Wildman–Crippen LogP) is 2.98. The first-order chi connectivity index (χ1) is 9.25. The van der Waals surface area contributed by atoms with Crippen LogP contribution >= 0.6 is 0 Å². The van der Waals surface area contributed by atoms with Crippen molar-refractivity contribution < 1.29 is 28.2 Å². The van der Waals surface area contributed by atoms with Crippen LogP contribution in [-0.2, 0) is 6.18 Å². The van der Waals surface area contributed by atoms with Crippen molar-refractivity contribution in [3.05, 3.63) is 29.3 Å². The smallest absolute Gasteiger partial charge is 0.417 e. The van der Waals surface area contributed by atoms with Gasteiger partial charge in [-0.1, -0.05) is 6.92 Å². The molecular weight excluding hydrogens is 275 g/mol. The minimum Gasteiger partial charge on any atom is -0.478 e. The number of anilines is 1. The van der Waals surface area contributed by atoms with Gasteiger partial charge in [-0.05, 0) is 31.0 Å². The van der Waals surface area contributed by atoms with Crippen LogP contribution in [0.15, 0.2) is 18.2 Å². The fourth-order valence-electron chi connectivity index (χ4n) is 1.66. The van der Waals surface area contributed by atoms with Gasteiger partial charge in [-0.25, -0.2) is 4.79 Å². The average Bonchev–Trinajstić information content (AvgIpc) is 2.37. The Balaban J connectivity index is 2.88. The maximum atomic E-state index is 12.8. The third kappa shape index (κ3) is 4.41. The molecule has 0 aromatic heterocycles. The molecule has 0 aliphatic rings. The third-order valence-electron chi connectivity index (χ3n) is 2.83. The lowest BCUT2D eigenvalue weighted by Gasteiger charge is -2.14. The lowest BCUT2D eigenvalue weighted by Crippen LogP contribution is -2.15. The van der Waals surface area contributed by atoms with Crippen LogP contribution < -0.4 is 5.32 Å². The highest BCUT2D eigenvalue weighted by Crippen LogP contribution is 2.33. The predicted molar refractivity (Wildman–Crippen MR) is 67.8 cm³/mol. The highest BCUT2D eigenvalue weighted by molar-refractivity contribution is 5.90. The van der Waals surface area contributed by atoms with Gasteiger partial charge < -0.3 is 15.5 Å². The van der Waals surface area contributed by atoms with Crippen LogP contribution in [0.1, 0.15) is 35.7 Å². The Morgan fingerprint density at radius 3 is 2.55 bits per heavy atom. The summed E-state index contributed by atoms with van der Waals surface area (Å²) in [5.74, 6) is -1.62. The number of aromatic carboxylic acids is 1. The molecule has 3 N–H and O–H groups in total. The summed E-state index contributed by atoms with van der Waals surface area (Å²) in [6.45, 7) is 2.10. The molecule has 0 heterocycles. The quantitative estimate of drug-likeness (QED) is 0.753. The van der Waals surface area contributed by atoms with E-state index in [0.29, 0.717) is 19.4 Å².